The van der Waals surface area contributed by atoms with E-state index in [2.05, 4.69) is 39.8 Å². The molecule has 31 heavy (non-hydrogen) atoms. The van der Waals surface area contributed by atoms with Crippen LogP contribution in [0.1, 0.15) is 84.8 Å². The third-order valence-corrected chi connectivity index (χ3v) is 5.39. The van der Waals surface area contributed by atoms with Crippen LogP contribution in [0, 0.1) is 5.41 Å². The number of hydrogen-bond donors (Lipinski definition) is 1. The van der Waals surface area contributed by atoms with Crippen molar-refractivity contribution >= 4 is 5.97 Å². The zero-order valence-corrected chi connectivity index (χ0v) is 20.6. The van der Waals surface area contributed by atoms with Crippen molar-refractivity contribution in [3.8, 4) is 11.5 Å². The van der Waals surface area contributed by atoms with Crippen LogP contribution in [0.2, 0.25) is 0 Å². The van der Waals surface area contributed by atoms with Crippen LogP contribution in [0.15, 0.2) is 35.4 Å². The van der Waals surface area contributed by atoms with Gasteiger partial charge in [0.05, 0.1) is 12.5 Å². The summed E-state index contributed by atoms with van der Waals surface area (Å²) in [6, 6.07) is 3.88. The van der Waals surface area contributed by atoms with Gasteiger partial charge in [0, 0.05) is 5.56 Å². The Labute approximate surface area is 189 Å². The molecule has 0 saturated heterocycles. The molecule has 4 nitrogen and oxygen atoms in total. The number of unbranched alkanes of at least 4 members (excludes halogenated alkanes) is 2. The van der Waals surface area contributed by atoms with E-state index in [4.69, 9.17) is 9.47 Å². The predicted molar refractivity (Wildman–Crippen MR) is 129 cm³/mol. The molecule has 0 aromatic heterocycles. The van der Waals surface area contributed by atoms with E-state index in [1.54, 1.807) is 13.8 Å². The molecule has 0 heterocycles. The number of methoxy groups -OCH3 is 1. The maximum absolute atomic E-state index is 12.0. The van der Waals surface area contributed by atoms with E-state index in [-0.39, 0.29) is 18.3 Å². The minimum Gasteiger partial charge on any atom is -0.508 e. The van der Waals surface area contributed by atoms with Crippen molar-refractivity contribution in [3.63, 3.8) is 0 Å². The number of phenolic OH excluding ortho intramolecular Hbond substituents is 1. The molecule has 0 unspecified atom stereocenters. The van der Waals surface area contributed by atoms with Crippen LogP contribution in [0.25, 0.3) is 0 Å². The lowest BCUT2D eigenvalue weighted by Gasteiger charge is -2.23. The van der Waals surface area contributed by atoms with Crippen LogP contribution in [0.3, 0.4) is 0 Å². The van der Waals surface area contributed by atoms with E-state index < -0.39 is 5.41 Å². The Morgan fingerprint density at radius 2 is 1.84 bits per heavy atom. The largest absolute Gasteiger partial charge is 0.508 e. The van der Waals surface area contributed by atoms with Crippen LogP contribution >= 0.6 is 0 Å². The second-order valence-electron chi connectivity index (χ2n) is 9.29. The lowest BCUT2D eigenvalue weighted by Crippen LogP contribution is -2.32. The molecule has 1 N–H and O–H groups in total. The lowest BCUT2D eigenvalue weighted by atomic mass is 9.95. The number of carbonyl (C=O) groups excluding carboxylic acids is 1. The Bertz CT molecular complexity index is 768. The molecule has 0 radical (unpaired) electrons. The maximum atomic E-state index is 12.0. The third-order valence-electron chi connectivity index (χ3n) is 5.39. The van der Waals surface area contributed by atoms with Gasteiger partial charge in [0.25, 0.3) is 0 Å². The van der Waals surface area contributed by atoms with Gasteiger partial charge in [-0.1, -0.05) is 43.1 Å². The van der Waals surface area contributed by atoms with Gasteiger partial charge in [0.15, 0.2) is 0 Å². The minimum atomic E-state index is -0.768. The summed E-state index contributed by atoms with van der Waals surface area (Å²) in [4.78, 5) is 12.0. The van der Waals surface area contributed by atoms with Gasteiger partial charge in [-0.15, -0.1) is 0 Å². The molecule has 1 rings (SSSR count). The van der Waals surface area contributed by atoms with Crippen molar-refractivity contribution in [1.82, 2.24) is 0 Å². The number of allylic oxidation sites excluding steroid dienone is 4. The van der Waals surface area contributed by atoms with Gasteiger partial charge in [0.2, 0.25) is 0 Å². The molecule has 174 valence electrons. The normalized spacial score (nSPS) is 11.9. The molecule has 0 bridgehead atoms. The molecule has 0 spiro atoms. The number of phenols is 1. The van der Waals surface area contributed by atoms with Crippen LogP contribution < -0.4 is 4.74 Å². The number of ether oxygens (including phenoxy) is 2. The Kier molecular flexibility index (Phi) is 11.4. The number of hydrogen-bond acceptors (Lipinski definition) is 4. The topological polar surface area (TPSA) is 55.8 Å². The zero-order valence-electron chi connectivity index (χ0n) is 20.6. The number of aromatic hydroxyl groups is 1. The summed E-state index contributed by atoms with van der Waals surface area (Å²) in [5.74, 6) is 0.595. The molecular formula is C27H42O4. The van der Waals surface area contributed by atoms with Crippen molar-refractivity contribution in [2.75, 3.05) is 13.7 Å². The fourth-order valence-corrected chi connectivity index (χ4v) is 3.30. The molecule has 1 aromatic rings. The first-order chi connectivity index (χ1) is 14.6. The van der Waals surface area contributed by atoms with Crippen molar-refractivity contribution in [2.24, 2.45) is 5.41 Å². The van der Waals surface area contributed by atoms with E-state index >= 15 is 0 Å². The number of aryl methyl sites for hydroxylation is 1. The van der Waals surface area contributed by atoms with Crippen LogP contribution in [0.4, 0.5) is 0 Å². The SMILES string of the molecule is CCCCCc1cc(O)c(CC=C(C)CCC=C(C)C)c(OCC(C)(C)C(=O)OC)c1. The summed E-state index contributed by atoms with van der Waals surface area (Å²) in [5.41, 5.74) is 3.67. The average Bonchev–Trinajstić information content (AvgIpc) is 2.70. The Balaban J connectivity index is 3.07. The summed E-state index contributed by atoms with van der Waals surface area (Å²) in [6.07, 6.45) is 11.3. The average molecular weight is 431 g/mol. The summed E-state index contributed by atoms with van der Waals surface area (Å²) in [6.45, 7) is 12.3. The summed E-state index contributed by atoms with van der Waals surface area (Å²) in [7, 11) is 1.39. The quantitative estimate of drug-likeness (QED) is 0.209. The smallest absolute Gasteiger partial charge is 0.314 e. The van der Waals surface area contributed by atoms with Crippen molar-refractivity contribution in [3.05, 3.63) is 46.6 Å². The van der Waals surface area contributed by atoms with Gasteiger partial charge in [-0.05, 0) is 84.4 Å². The van der Waals surface area contributed by atoms with Gasteiger partial charge in [-0.2, -0.15) is 0 Å². The van der Waals surface area contributed by atoms with Crippen molar-refractivity contribution < 1.29 is 19.4 Å². The van der Waals surface area contributed by atoms with Crippen molar-refractivity contribution in [1.29, 1.82) is 0 Å². The number of esters is 1. The fourth-order valence-electron chi connectivity index (χ4n) is 3.30. The van der Waals surface area contributed by atoms with Crippen LogP contribution in [-0.4, -0.2) is 24.8 Å². The van der Waals surface area contributed by atoms with E-state index in [9.17, 15) is 9.90 Å². The highest BCUT2D eigenvalue weighted by Crippen LogP contribution is 2.33. The van der Waals surface area contributed by atoms with E-state index in [1.165, 1.54) is 18.3 Å². The van der Waals surface area contributed by atoms with E-state index in [0.29, 0.717) is 12.2 Å². The second kappa shape index (κ2) is 13.2. The first kappa shape index (κ1) is 26.8. The highest BCUT2D eigenvalue weighted by molar-refractivity contribution is 5.75. The predicted octanol–water partition coefficient (Wildman–Crippen LogP) is 6.94. The van der Waals surface area contributed by atoms with E-state index in [1.807, 2.05) is 12.1 Å². The highest BCUT2D eigenvalue weighted by Gasteiger charge is 2.30. The first-order valence-electron chi connectivity index (χ1n) is 11.5. The number of rotatable bonds is 13. The number of benzene rings is 1. The zero-order chi connectivity index (χ0) is 23.4. The monoisotopic (exact) mass is 430 g/mol. The highest BCUT2D eigenvalue weighted by atomic mass is 16.5. The van der Waals surface area contributed by atoms with E-state index in [0.717, 1.165) is 49.7 Å². The molecule has 1 aromatic carbocycles. The molecule has 0 saturated carbocycles. The van der Waals surface area contributed by atoms with Gasteiger partial charge in [-0.3, -0.25) is 4.79 Å². The molecule has 0 fully saturated rings. The van der Waals surface area contributed by atoms with Gasteiger partial charge in [0.1, 0.15) is 18.1 Å². The molecule has 4 heteroatoms. The maximum Gasteiger partial charge on any atom is 0.314 e. The molecule has 0 atom stereocenters. The first-order valence-corrected chi connectivity index (χ1v) is 11.5. The molecule has 0 aliphatic heterocycles. The van der Waals surface area contributed by atoms with Gasteiger partial charge in [-0.25, -0.2) is 0 Å². The van der Waals surface area contributed by atoms with Crippen LogP contribution in [0.5, 0.6) is 11.5 Å². The fraction of sp³-hybridized carbons (Fsp3) is 0.593. The molecule has 0 amide bonds. The molecular weight excluding hydrogens is 388 g/mol. The summed E-state index contributed by atoms with van der Waals surface area (Å²) < 4.78 is 11.0. The molecule has 0 aliphatic rings. The second-order valence-corrected chi connectivity index (χ2v) is 9.29. The summed E-state index contributed by atoms with van der Waals surface area (Å²) >= 11 is 0. The Morgan fingerprint density at radius 1 is 1.13 bits per heavy atom. The van der Waals surface area contributed by atoms with Crippen molar-refractivity contribution in [2.45, 2.75) is 86.5 Å². The summed E-state index contributed by atoms with van der Waals surface area (Å²) in [5, 5.41) is 10.8. The molecule has 0 aliphatic carbocycles. The van der Waals surface area contributed by atoms with Crippen LogP contribution in [-0.2, 0) is 22.4 Å². The minimum absolute atomic E-state index is 0.188. The Morgan fingerprint density at radius 3 is 2.45 bits per heavy atom. The standard InChI is InChI=1S/C27H42O4/c1-8-9-10-14-22-17-24(28)23(16-15-21(4)13-11-12-20(2)3)25(18-22)31-19-27(5,6)26(29)30-7/h12,15,17-18,28H,8-11,13-14,16,19H2,1-7H3. The van der Waals surface area contributed by atoms with Gasteiger partial charge < -0.3 is 14.6 Å². The lowest BCUT2D eigenvalue weighted by molar-refractivity contribution is -0.152. The van der Waals surface area contributed by atoms with Gasteiger partial charge >= 0.3 is 5.97 Å². The Hall–Kier alpha value is -2.23. The number of carbonyl (C=O) groups is 1. The third kappa shape index (κ3) is 9.63.